The molecule has 3 aliphatic carbocycles. The number of nitrogens with zero attached hydrogens (tertiary/aromatic N) is 2. The van der Waals surface area contributed by atoms with Gasteiger partial charge in [-0.3, -0.25) is 0 Å². The molecule has 22 heavy (non-hydrogen) atoms. The van der Waals surface area contributed by atoms with Crippen LogP contribution in [-0.4, -0.2) is 28.0 Å². The van der Waals surface area contributed by atoms with Gasteiger partial charge >= 0.3 is 6.09 Å². The first-order valence-corrected chi connectivity index (χ1v) is 7.83. The maximum atomic E-state index is 12.0. The summed E-state index contributed by atoms with van der Waals surface area (Å²) >= 11 is 0. The van der Waals surface area contributed by atoms with E-state index in [0.717, 1.165) is 30.4 Å². The van der Waals surface area contributed by atoms with Gasteiger partial charge in [0.15, 0.2) is 0 Å². The number of aromatic nitrogens is 2. The van der Waals surface area contributed by atoms with Gasteiger partial charge in [-0.1, -0.05) is 0 Å². The van der Waals surface area contributed by atoms with E-state index in [-0.39, 0.29) is 22.6 Å². The summed E-state index contributed by atoms with van der Waals surface area (Å²) in [5, 5.41) is 3.89. The van der Waals surface area contributed by atoms with E-state index in [0.29, 0.717) is 0 Å². The second-order valence-electron chi connectivity index (χ2n) is 7.67. The third-order valence-electron chi connectivity index (χ3n) is 5.09. The van der Waals surface area contributed by atoms with Crippen LogP contribution in [0.3, 0.4) is 0 Å². The van der Waals surface area contributed by atoms with Crippen LogP contribution in [0.4, 0.5) is 4.79 Å². The Labute approximate surface area is 136 Å². The monoisotopic (exact) mass is 308 g/mol. The molecule has 1 aromatic heterocycles. The molecule has 3 aliphatic rings. The van der Waals surface area contributed by atoms with Crippen LogP contribution in [0.2, 0.25) is 0 Å². The van der Waals surface area contributed by atoms with Crippen molar-refractivity contribution in [3.63, 3.8) is 0 Å². The zero-order valence-corrected chi connectivity index (χ0v) is 13.2. The Morgan fingerprint density at radius 1 is 1.41 bits per heavy atom. The number of carbonyl (C=O) groups excluding carboxylic acids is 1. The topological polar surface area (TPSA) is 53.4 Å². The molecule has 1 aromatic rings. The predicted molar refractivity (Wildman–Crippen MR) is 80.8 cm³/mol. The van der Waals surface area contributed by atoms with Crippen molar-refractivity contribution in [1.82, 2.24) is 9.78 Å². The fourth-order valence-electron chi connectivity index (χ4n) is 3.77. The van der Waals surface area contributed by atoms with E-state index >= 15 is 0 Å². The summed E-state index contributed by atoms with van der Waals surface area (Å²) in [5.41, 5.74) is -0.675. The van der Waals surface area contributed by atoms with Crippen LogP contribution in [0.15, 0.2) is 12.3 Å². The van der Waals surface area contributed by atoms with Crippen molar-refractivity contribution in [1.29, 1.82) is 0 Å². The van der Waals surface area contributed by atoms with E-state index in [4.69, 9.17) is 15.0 Å². The maximum absolute atomic E-state index is 12.0. The molecule has 5 heteroatoms. The van der Waals surface area contributed by atoms with Gasteiger partial charge in [-0.25, -0.2) is 4.79 Å². The summed E-state index contributed by atoms with van der Waals surface area (Å²) in [6.45, 7) is 2.66. The molecule has 0 bridgehead atoms. The molecule has 0 unspecified atom stereocenters. The lowest BCUT2D eigenvalue weighted by molar-refractivity contribution is 0.0511. The summed E-state index contributed by atoms with van der Waals surface area (Å²) in [6.07, 6.45) is 2.45. The zero-order valence-electron chi connectivity index (χ0n) is 17.2. The van der Waals surface area contributed by atoms with Gasteiger partial charge in [0.2, 0.25) is 5.88 Å². The average Bonchev–Trinajstić information content (AvgIpc) is 3.42. The third-order valence-corrected chi connectivity index (χ3v) is 5.09. The Hall–Kier alpha value is -1.52. The second-order valence-corrected chi connectivity index (χ2v) is 7.67. The number of carbonyl (C=O) groups is 1. The highest BCUT2D eigenvalue weighted by Crippen LogP contribution is 2.93. The van der Waals surface area contributed by atoms with Crippen molar-refractivity contribution >= 4 is 6.09 Å². The molecule has 0 amide bonds. The minimum atomic E-state index is -2.54. The molecule has 1 heterocycles. The Morgan fingerprint density at radius 2 is 2.05 bits per heavy atom. The third kappa shape index (κ3) is 2.13. The standard InChI is InChI=1S/C17H24N2O3/c1-15(2,3)22-14(20)19-10-4-13(18-19)21-11-5-12-16(6-7-16)17(12)8-9-17/h4,10,12H,5-9,11H2,1-3H3/i5D2,11D2. The highest BCUT2D eigenvalue weighted by Gasteiger charge is 2.85. The summed E-state index contributed by atoms with van der Waals surface area (Å²) in [5.74, 6) is -0.439. The number of hydrogen-bond donors (Lipinski definition) is 0. The van der Waals surface area contributed by atoms with Crippen LogP contribution in [0.5, 0.6) is 5.88 Å². The van der Waals surface area contributed by atoms with Crippen LogP contribution in [0.1, 0.15) is 58.3 Å². The largest absolute Gasteiger partial charge is 0.477 e. The highest BCUT2D eigenvalue weighted by atomic mass is 16.6. The summed E-state index contributed by atoms with van der Waals surface area (Å²) in [4.78, 5) is 12.0. The van der Waals surface area contributed by atoms with Gasteiger partial charge in [-0.05, 0) is 69.6 Å². The quantitative estimate of drug-likeness (QED) is 0.852. The predicted octanol–water partition coefficient (Wildman–Crippen LogP) is 3.63. The van der Waals surface area contributed by atoms with Gasteiger partial charge < -0.3 is 9.47 Å². The highest BCUT2D eigenvalue weighted by molar-refractivity contribution is 5.69. The lowest BCUT2D eigenvalue weighted by Crippen LogP contribution is -2.27. The Balaban J connectivity index is 1.48. The van der Waals surface area contributed by atoms with E-state index < -0.39 is 24.6 Å². The van der Waals surface area contributed by atoms with Crippen molar-refractivity contribution < 1.29 is 19.8 Å². The lowest BCUT2D eigenvalue weighted by atomic mass is 10.2. The van der Waals surface area contributed by atoms with E-state index in [2.05, 4.69) is 5.10 Å². The van der Waals surface area contributed by atoms with Gasteiger partial charge in [0.05, 0.1) is 9.30 Å². The van der Waals surface area contributed by atoms with Gasteiger partial charge in [0, 0.05) is 15.0 Å². The minimum absolute atomic E-state index is 0.00306. The van der Waals surface area contributed by atoms with Crippen molar-refractivity contribution in [3.8, 4) is 5.88 Å². The minimum Gasteiger partial charge on any atom is -0.477 e. The van der Waals surface area contributed by atoms with Crippen molar-refractivity contribution in [3.05, 3.63) is 12.3 Å². The van der Waals surface area contributed by atoms with Crippen LogP contribution < -0.4 is 4.74 Å². The molecule has 120 valence electrons. The number of fused-ring (bicyclic) bond motifs is 1. The molecule has 0 atom stereocenters. The van der Waals surface area contributed by atoms with Gasteiger partial charge in [-0.15, -0.1) is 5.10 Å². The van der Waals surface area contributed by atoms with E-state index in [1.165, 1.54) is 12.3 Å². The maximum Gasteiger partial charge on any atom is 0.435 e. The van der Waals surface area contributed by atoms with Gasteiger partial charge in [0.25, 0.3) is 0 Å². The Morgan fingerprint density at radius 3 is 2.59 bits per heavy atom. The molecule has 2 spiro atoms. The van der Waals surface area contributed by atoms with E-state index in [1.807, 2.05) is 0 Å². The number of ether oxygens (including phenoxy) is 2. The molecule has 0 N–H and O–H groups in total. The van der Waals surface area contributed by atoms with E-state index in [9.17, 15) is 4.79 Å². The van der Waals surface area contributed by atoms with Crippen molar-refractivity contribution in [2.75, 3.05) is 6.56 Å². The number of hydrogen-bond acceptors (Lipinski definition) is 4. The molecule has 5 nitrogen and oxygen atoms in total. The molecular weight excluding hydrogens is 280 g/mol. The molecule has 3 fully saturated rings. The summed E-state index contributed by atoms with van der Waals surface area (Å²) in [6, 6.07) is 1.34. The fourth-order valence-corrected chi connectivity index (χ4v) is 3.77. The lowest BCUT2D eigenvalue weighted by Gasteiger charge is -2.18. The molecule has 0 radical (unpaired) electrons. The van der Waals surface area contributed by atoms with Crippen LogP contribution in [0.25, 0.3) is 0 Å². The van der Waals surface area contributed by atoms with Crippen LogP contribution in [-0.2, 0) is 4.74 Å². The Kier molecular flexibility index (Phi) is 2.00. The molecule has 0 aliphatic heterocycles. The van der Waals surface area contributed by atoms with Crippen molar-refractivity contribution in [2.45, 2.75) is 58.4 Å². The molecule has 3 saturated carbocycles. The smallest absolute Gasteiger partial charge is 0.435 e. The molecule has 4 rings (SSSR count). The Bertz CT molecular complexity index is 742. The first-order chi connectivity index (χ1) is 11.8. The fraction of sp³-hybridized carbons (Fsp3) is 0.765. The normalized spacial score (nSPS) is 27.6. The molecule has 0 saturated heterocycles. The van der Waals surface area contributed by atoms with E-state index in [1.54, 1.807) is 20.8 Å². The summed E-state index contributed by atoms with van der Waals surface area (Å²) in [7, 11) is 0. The first kappa shape index (κ1) is 10.3. The SMILES string of the molecule is [2H]C([2H])(Oc1ccn(C(=O)OC(C)(C)C)n1)C([2H])([2H])C1C2(CC2)C12CC2. The van der Waals surface area contributed by atoms with Gasteiger partial charge in [-0.2, -0.15) is 4.68 Å². The summed E-state index contributed by atoms with van der Waals surface area (Å²) < 4.78 is 44.7. The average molecular weight is 308 g/mol. The second kappa shape index (κ2) is 4.27. The van der Waals surface area contributed by atoms with Crippen LogP contribution in [0, 0.1) is 16.7 Å². The molecular formula is C17H24N2O3. The van der Waals surface area contributed by atoms with Crippen molar-refractivity contribution in [2.24, 2.45) is 16.7 Å². The molecule has 0 aromatic carbocycles. The van der Waals surface area contributed by atoms with Gasteiger partial charge in [0.1, 0.15) is 5.60 Å². The zero-order chi connectivity index (χ0) is 19.2. The first-order valence-electron chi connectivity index (χ1n) is 9.83. The number of rotatable bonds is 4. The van der Waals surface area contributed by atoms with Crippen LogP contribution >= 0.6 is 0 Å².